The third kappa shape index (κ3) is 5.43. The molecule has 0 atom stereocenters. The quantitative estimate of drug-likeness (QED) is 0.755. The fourth-order valence-electron chi connectivity index (χ4n) is 3.99. The number of benzene rings is 2. The van der Waals surface area contributed by atoms with Crippen LogP contribution in [0.15, 0.2) is 54.6 Å². The molecule has 1 fully saturated rings. The maximum Gasteiger partial charge on any atom is 0.253 e. The average molecular weight is 380 g/mol. The summed E-state index contributed by atoms with van der Waals surface area (Å²) in [7, 11) is 0. The highest BCUT2D eigenvalue weighted by molar-refractivity contribution is 5.94. The molecule has 2 aromatic carbocycles. The first-order valence-corrected chi connectivity index (χ1v) is 10.6. The van der Waals surface area contributed by atoms with Gasteiger partial charge in [0.15, 0.2) is 0 Å². The van der Waals surface area contributed by atoms with Gasteiger partial charge in [0, 0.05) is 50.9 Å². The zero-order valence-electron chi connectivity index (χ0n) is 17.2. The zero-order chi connectivity index (χ0) is 19.8. The van der Waals surface area contributed by atoms with Crippen molar-refractivity contribution in [2.75, 3.05) is 26.2 Å². The van der Waals surface area contributed by atoms with Crippen LogP contribution in [0.25, 0.3) is 0 Å². The molecule has 0 saturated carbocycles. The zero-order valence-corrected chi connectivity index (χ0v) is 17.2. The molecular weight excluding hydrogens is 346 g/mol. The standard InChI is InChI=1S/C24H33N3O/c1-3-23(4-2)26-14-16-27(17-15-26)24(28)22-12-10-21(11-13-22)19-25-18-20-8-6-5-7-9-20/h5-13,23,25H,3-4,14-19H2,1-2H3. The molecule has 0 radical (unpaired) electrons. The van der Waals surface area contributed by atoms with E-state index in [0.29, 0.717) is 6.04 Å². The van der Waals surface area contributed by atoms with Crippen LogP contribution in [-0.2, 0) is 13.1 Å². The van der Waals surface area contributed by atoms with Gasteiger partial charge in [0.1, 0.15) is 0 Å². The van der Waals surface area contributed by atoms with Crippen LogP contribution in [0.1, 0.15) is 48.2 Å². The fourth-order valence-corrected chi connectivity index (χ4v) is 3.99. The summed E-state index contributed by atoms with van der Waals surface area (Å²) in [6.45, 7) is 9.79. The van der Waals surface area contributed by atoms with Gasteiger partial charge in [-0.05, 0) is 36.1 Å². The molecule has 1 saturated heterocycles. The van der Waals surface area contributed by atoms with Crippen molar-refractivity contribution in [3.63, 3.8) is 0 Å². The molecular formula is C24H33N3O. The van der Waals surface area contributed by atoms with Crippen LogP contribution in [0.5, 0.6) is 0 Å². The predicted octanol–water partition coefficient (Wildman–Crippen LogP) is 3.92. The van der Waals surface area contributed by atoms with Gasteiger partial charge in [0.25, 0.3) is 5.91 Å². The lowest BCUT2D eigenvalue weighted by atomic mass is 10.1. The molecule has 1 N–H and O–H groups in total. The summed E-state index contributed by atoms with van der Waals surface area (Å²) >= 11 is 0. The summed E-state index contributed by atoms with van der Waals surface area (Å²) in [4.78, 5) is 17.4. The normalized spacial score (nSPS) is 15.2. The van der Waals surface area contributed by atoms with Crippen molar-refractivity contribution in [1.29, 1.82) is 0 Å². The SMILES string of the molecule is CCC(CC)N1CCN(C(=O)c2ccc(CNCc3ccccc3)cc2)CC1. The highest BCUT2D eigenvalue weighted by atomic mass is 16.2. The van der Waals surface area contributed by atoms with Crippen molar-refractivity contribution < 1.29 is 4.79 Å². The first-order valence-electron chi connectivity index (χ1n) is 10.6. The lowest BCUT2D eigenvalue weighted by Gasteiger charge is -2.38. The highest BCUT2D eigenvalue weighted by Crippen LogP contribution is 2.15. The third-order valence-electron chi connectivity index (χ3n) is 5.76. The van der Waals surface area contributed by atoms with Crippen molar-refractivity contribution >= 4 is 5.91 Å². The van der Waals surface area contributed by atoms with E-state index in [1.54, 1.807) is 0 Å². The van der Waals surface area contributed by atoms with Crippen molar-refractivity contribution in [2.24, 2.45) is 0 Å². The molecule has 4 nitrogen and oxygen atoms in total. The number of hydrogen-bond donors (Lipinski definition) is 1. The molecule has 0 unspecified atom stereocenters. The Hall–Kier alpha value is -2.17. The van der Waals surface area contributed by atoms with E-state index in [4.69, 9.17) is 0 Å². The van der Waals surface area contributed by atoms with E-state index in [0.717, 1.165) is 44.8 Å². The second kappa shape index (κ2) is 10.4. The maximum atomic E-state index is 12.8. The highest BCUT2D eigenvalue weighted by Gasteiger charge is 2.25. The van der Waals surface area contributed by atoms with E-state index >= 15 is 0 Å². The predicted molar refractivity (Wildman–Crippen MR) is 115 cm³/mol. The van der Waals surface area contributed by atoms with Gasteiger partial charge in [-0.1, -0.05) is 56.3 Å². The third-order valence-corrected chi connectivity index (χ3v) is 5.76. The maximum absolute atomic E-state index is 12.8. The number of nitrogens with zero attached hydrogens (tertiary/aromatic N) is 2. The number of carbonyl (C=O) groups is 1. The topological polar surface area (TPSA) is 35.6 Å². The van der Waals surface area contributed by atoms with Crippen LogP contribution < -0.4 is 5.32 Å². The van der Waals surface area contributed by atoms with Crippen molar-refractivity contribution in [1.82, 2.24) is 15.1 Å². The second-order valence-corrected chi connectivity index (χ2v) is 7.58. The van der Waals surface area contributed by atoms with Crippen LogP contribution in [0, 0.1) is 0 Å². The van der Waals surface area contributed by atoms with E-state index in [2.05, 4.69) is 60.5 Å². The lowest BCUT2D eigenvalue weighted by molar-refractivity contribution is 0.0559. The van der Waals surface area contributed by atoms with Gasteiger partial charge in [-0.25, -0.2) is 0 Å². The number of hydrogen-bond acceptors (Lipinski definition) is 3. The summed E-state index contributed by atoms with van der Waals surface area (Å²) in [5.41, 5.74) is 3.27. The minimum atomic E-state index is 0.160. The Labute approximate surface area is 169 Å². The molecule has 1 heterocycles. The van der Waals surface area contributed by atoms with E-state index in [9.17, 15) is 4.79 Å². The summed E-state index contributed by atoms with van der Waals surface area (Å²) < 4.78 is 0. The van der Waals surface area contributed by atoms with Gasteiger partial charge in [0.05, 0.1) is 0 Å². The molecule has 0 spiro atoms. The van der Waals surface area contributed by atoms with E-state index in [-0.39, 0.29) is 5.91 Å². The molecule has 4 heteroatoms. The Kier molecular flexibility index (Phi) is 7.63. The molecule has 0 bridgehead atoms. The molecule has 28 heavy (non-hydrogen) atoms. The number of nitrogens with one attached hydrogen (secondary N) is 1. The molecule has 1 aliphatic rings. The molecule has 0 aliphatic carbocycles. The van der Waals surface area contributed by atoms with Crippen LogP contribution in [0.3, 0.4) is 0 Å². The van der Waals surface area contributed by atoms with Gasteiger partial charge >= 0.3 is 0 Å². The van der Waals surface area contributed by atoms with Crippen molar-refractivity contribution in [2.45, 2.75) is 45.8 Å². The van der Waals surface area contributed by atoms with Crippen LogP contribution in [0.4, 0.5) is 0 Å². The number of rotatable bonds is 8. The van der Waals surface area contributed by atoms with Gasteiger partial charge in [-0.2, -0.15) is 0 Å². The Bertz CT molecular complexity index is 717. The van der Waals surface area contributed by atoms with Crippen LogP contribution in [-0.4, -0.2) is 47.9 Å². The van der Waals surface area contributed by atoms with Crippen molar-refractivity contribution in [3.8, 4) is 0 Å². The molecule has 1 amide bonds. The second-order valence-electron chi connectivity index (χ2n) is 7.58. The first-order chi connectivity index (χ1) is 13.7. The molecule has 0 aromatic heterocycles. The van der Waals surface area contributed by atoms with Crippen molar-refractivity contribution in [3.05, 3.63) is 71.3 Å². The number of carbonyl (C=O) groups excluding carboxylic acids is 1. The molecule has 150 valence electrons. The summed E-state index contributed by atoms with van der Waals surface area (Å²) in [6.07, 6.45) is 2.37. The smallest absolute Gasteiger partial charge is 0.253 e. The number of amides is 1. The first kappa shape index (κ1) is 20.6. The van der Waals surface area contributed by atoms with Gasteiger partial charge in [-0.3, -0.25) is 9.69 Å². The average Bonchev–Trinajstić information content (AvgIpc) is 2.76. The monoisotopic (exact) mass is 379 g/mol. The Morgan fingerprint density at radius 3 is 2.00 bits per heavy atom. The summed E-state index contributed by atoms with van der Waals surface area (Å²) in [5, 5.41) is 3.46. The minimum Gasteiger partial charge on any atom is -0.336 e. The van der Waals surface area contributed by atoms with Crippen LogP contribution in [0.2, 0.25) is 0 Å². The van der Waals surface area contributed by atoms with Crippen LogP contribution >= 0.6 is 0 Å². The van der Waals surface area contributed by atoms with E-state index < -0.39 is 0 Å². The van der Waals surface area contributed by atoms with Gasteiger partial charge < -0.3 is 10.2 Å². The van der Waals surface area contributed by atoms with Gasteiger partial charge in [0.2, 0.25) is 0 Å². The largest absolute Gasteiger partial charge is 0.336 e. The summed E-state index contributed by atoms with van der Waals surface area (Å²) in [6, 6.07) is 19.1. The minimum absolute atomic E-state index is 0.160. The van der Waals surface area contributed by atoms with Gasteiger partial charge in [-0.15, -0.1) is 0 Å². The Balaban J connectivity index is 1.47. The van der Waals surface area contributed by atoms with E-state index in [1.165, 1.54) is 24.0 Å². The van der Waals surface area contributed by atoms with E-state index in [1.807, 2.05) is 23.1 Å². The molecule has 1 aliphatic heterocycles. The molecule has 2 aromatic rings. The summed E-state index contributed by atoms with van der Waals surface area (Å²) in [5.74, 6) is 0.160. The Morgan fingerprint density at radius 2 is 1.43 bits per heavy atom. The Morgan fingerprint density at radius 1 is 0.857 bits per heavy atom. The number of piperazine rings is 1. The molecule has 3 rings (SSSR count). The lowest BCUT2D eigenvalue weighted by Crippen LogP contribution is -2.51. The fraction of sp³-hybridized carbons (Fsp3) is 0.458.